The fourth-order valence-electron chi connectivity index (χ4n) is 3.81. The normalized spacial score (nSPS) is 11.7. The zero-order valence-corrected chi connectivity index (χ0v) is 22.6. The van der Waals surface area contributed by atoms with Gasteiger partial charge in [-0.05, 0) is 55.9 Å². The van der Waals surface area contributed by atoms with Crippen LogP contribution in [0.3, 0.4) is 0 Å². The number of ether oxygens (including phenoxy) is 2. The van der Waals surface area contributed by atoms with Crippen LogP contribution in [0.1, 0.15) is 26.7 Å². The van der Waals surface area contributed by atoms with Gasteiger partial charge in [-0.1, -0.05) is 25.2 Å². The van der Waals surface area contributed by atoms with Crippen LogP contribution in [0.5, 0.6) is 11.5 Å². The number of benzene rings is 2. The zero-order valence-electron chi connectivity index (χ0n) is 21.0. The maximum atomic E-state index is 13.4. The smallest absolute Gasteiger partial charge is 0.228 e. The molecule has 0 spiro atoms. The monoisotopic (exact) mass is 537 g/mol. The fourth-order valence-corrected chi connectivity index (χ4v) is 6.23. The molecule has 0 N–H and O–H groups in total. The Labute approximate surface area is 215 Å². The van der Waals surface area contributed by atoms with Crippen LogP contribution in [0.4, 0.5) is 9.52 Å². The molecule has 1 heterocycles. The molecule has 0 aliphatic heterocycles. The van der Waals surface area contributed by atoms with E-state index in [0.717, 1.165) is 29.9 Å². The lowest BCUT2D eigenvalue weighted by atomic mass is 10.3. The number of hydrogen-bond donors (Lipinski definition) is 0. The standard InChI is InChI=1S/C25H32FN3O5S2/c1-5-28(6-2)15-16-29(25-27-23-20(33-3)13-14-21(34-4)24(23)35-25)22(30)8-7-17-36(31,32)19-11-9-18(26)10-12-19/h9-14H,5-8,15-17H2,1-4H3. The summed E-state index contributed by atoms with van der Waals surface area (Å²) < 4.78 is 50.1. The lowest BCUT2D eigenvalue weighted by Gasteiger charge is -2.24. The van der Waals surface area contributed by atoms with Gasteiger partial charge in [0.1, 0.15) is 27.5 Å². The molecule has 8 nitrogen and oxygen atoms in total. The van der Waals surface area contributed by atoms with Crippen LogP contribution in [0.15, 0.2) is 41.3 Å². The second kappa shape index (κ2) is 12.5. The van der Waals surface area contributed by atoms with Gasteiger partial charge in [-0.3, -0.25) is 9.69 Å². The molecule has 0 atom stereocenters. The van der Waals surface area contributed by atoms with Crippen molar-refractivity contribution in [3.05, 3.63) is 42.2 Å². The Morgan fingerprint density at radius 3 is 2.25 bits per heavy atom. The van der Waals surface area contributed by atoms with E-state index in [2.05, 4.69) is 18.7 Å². The molecule has 11 heteroatoms. The summed E-state index contributed by atoms with van der Waals surface area (Å²) in [5, 5.41) is 0.506. The second-order valence-electron chi connectivity index (χ2n) is 8.09. The molecule has 0 radical (unpaired) electrons. The van der Waals surface area contributed by atoms with Crippen LogP contribution in [-0.2, 0) is 14.6 Å². The molecule has 1 aromatic heterocycles. The molecule has 0 saturated carbocycles. The number of likely N-dealkylation sites (N-methyl/N-ethyl adjacent to an activating group) is 1. The molecule has 3 aromatic rings. The molecule has 0 saturated heterocycles. The van der Waals surface area contributed by atoms with Gasteiger partial charge in [-0.15, -0.1) is 0 Å². The van der Waals surface area contributed by atoms with Crippen LogP contribution in [0.25, 0.3) is 10.2 Å². The highest BCUT2D eigenvalue weighted by Crippen LogP contribution is 2.40. The molecule has 2 aromatic carbocycles. The number of fused-ring (bicyclic) bond motifs is 1. The van der Waals surface area contributed by atoms with E-state index in [-0.39, 0.29) is 29.4 Å². The predicted molar refractivity (Wildman–Crippen MR) is 141 cm³/mol. The predicted octanol–water partition coefficient (Wildman–Crippen LogP) is 4.38. The Hall–Kier alpha value is -2.76. The lowest BCUT2D eigenvalue weighted by molar-refractivity contribution is -0.118. The molecule has 196 valence electrons. The first-order valence-electron chi connectivity index (χ1n) is 11.8. The number of methoxy groups -OCH3 is 2. The van der Waals surface area contributed by atoms with Gasteiger partial charge in [0.25, 0.3) is 0 Å². The molecule has 0 unspecified atom stereocenters. The summed E-state index contributed by atoms with van der Waals surface area (Å²) in [5.41, 5.74) is 0.608. The average molecular weight is 538 g/mol. The van der Waals surface area contributed by atoms with Gasteiger partial charge in [0.05, 0.1) is 24.9 Å². The van der Waals surface area contributed by atoms with Crippen molar-refractivity contribution >= 4 is 42.4 Å². The molecular weight excluding hydrogens is 505 g/mol. The molecule has 1 amide bonds. The Morgan fingerprint density at radius 2 is 1.64 bits per heavy atom. The van der Waals surface area contributed by atoms with E-state index in [4.69, 9.17) is 14.5 Å². The summed E-state index contributed by atoms with van der Waals surface area (Å²) in [4.78, 5) is 21.9. The van der Waals surface area contributed by atoms with E-state index >= 15 is 0 Å². The second-order valence-corrected chi connectivity index (χ2v) is 11.2. The average Bonchev–Trinajstić information content (AvgIpc) is 3.31. The van der Waals surface area contributed by atoms with Crippen molar-refractivity contribution < 1.29 is 27.1 Å². The number of carbonyl (C=O) groups excluding carboxylic acids is 1. The van der Waals surface area contributed by atoms with Gasteiger partial charge in [0.2, 0.25) is 5.91 Å². The SMILES string of the molecule is CCN(CC)CCN(C(=O)CCCS(=O)(=O)c1ccc(F)cc1)c1nc2c(OC)ccc(OC)c2s1. The third kappa shape index (κ3) is 6.51. The quantitative estimate of drug-likeness (QED) is 0.299. The fraction of sp³-hybridized carbons (Fsp3) is 0.440. The van der Waals surface area contributed by atoms with Crippen molar-refractivity contribution in [1.82, 2.24) is 9.88 Å². The summed E-state index contributed by atoms with van der Waals surface area (Å²) in [6, 6.07) is 8.28. The minimum atomic E-state index is -3.63. The Morgan fingerprint density at radius 1 is 1.00 bits per heavy atom. The summed E-state index contributed by atoms with van der Waals surface area (Å²) >= 11 is 1.34. The Bertz CT molecular complexity index is 1230. The van der Waals surface area contributed by atoms with Gasteiger partial charge in [-0.2, -0.15) is 0 Å². The number of aromatic nitrogens is 1. The van der Waals surface area contributed by atoms with Gasteiger partial charge in [0.15, 0.2) is 15.0 Å². The third-order valence-corrected chi connectivity index (χ3v) is 8.85. The van der Waals surface area contributed by atoms with Gasteiger partial charge in [-0.25, -0.2) is 17.8 Å². The van der Waals surface area contributed by atoms with E-state index in [1.165, 1.54) is 23.5 Å². The van der Waals surface area contributed by atoms with E-state index in [0.29, 0.717) is 35.2 Å². The number of anilines is 1. The van der Waals surface area contributed by atoms with Crippen molar-refractivity contribution in [1.29, 1.82) is 0 Å². The van der Waals surface area contributed by atoms with Crippen molar-refractivity contribution in [2.24, 2.45) is 0 Å². The largest absolute Gasteiger partial charge is 0.495 e. The molecule has 0 aliphatic carbocycles. The topological polar surface area (TPSA) is 89.0 Å². The summed E-state index contributed by atoms with van der Waals surface area (Å²) in [7, 11) is -0.491. The highest BCUT2D eigenvalue weighted by Gasteiger charge is 2.24. The minimum Gasteiger partial charge on any atom is -0.495 e. The third-order valence-electron chi connectivity index (χ3n) is 5.94. The summed E-state index contributed by atoms with van der Waals surface area (Å²) in [5.74, 6) is 0.284. The molecular formula is C25H32FN3O5S2. The first-order valence-corrected chi connectivity index (χ1v) is 14.2. The molecule has 3 rings (SSSR count). The van der Waals surface area contributed by atoms with E-state index in [1.807, 2.05) is 0 Å². The number of carbonyl (C=O) groups is 1. The van der Waals surface area contributed by atoms with Crippen molar-refractivity contribution in [3.8, 4) is 11.5 Å². The van der Waals surface area contributed by atoms with Crippen molar-refractivity contribution in [2.75, 3.05) is 51.1 Å². The Balaban J connectivity index is 1.82. The molecule has 36 heavy (non-hydrogen) atoms. The first-order chi connectivity index (χ1) is 17.2. The summed E-state index contributed by atoms with van der Waals surface area (Å²) in [6.45, 7) is 6.87. The Kier molecular flexibility index (Phi) is 9.63. The number of amides is 1. The van der Waals surface area contributed by atoms with E-state index in [1.54, 1.807) is 31.3 Å². The van der Waals surface area contributed by atoms with Gasteiger partial charge < -0.3 is 14.4 Å². The highest BCUT2D eigenvalue weighted by atomic mass is 32.2. The van der Waals surface area contributed by atoms with Crippen LogP contribution >= 0.6 is 11.3 Å². The van der Waals surface area contributed by atoms with Crippen LogP contribution in [0, 0.1) is 5.82 Å². The van der Waals surface area contributed by atoms with E-state index < -0.39 is 15.7 Å². The molecule has 0 fully saturated rings. The maximum absolute atomic E-state index is 13.4. The van der Waals surface area contributed by atoms with Crippen LogP contribution < -0.4 is 14.4 Å². The van der Waals surface area contributed by atoms with Gasteiger partial charge >= 0.3 is 0 Å². The number of halogens is 1. The first kappa shape index (κ1) is 27.8. The maximum Gasteiger partial charge on any atom is 0.228 e. The summed E-state index contributed by atoms with van der Waals surface area (Å²) in [6.07, 6.45) is 0.167. The zero-order chi connectivity index (χ0) is 26.3. The molecule has 0 bridgehead atoms. The molecule has 0 aliphatic rings. The number of rotatable bonds is 13. The number of thiazole rings is 1. The highest BCUT2D eigenvalue weighted by molar-refractivity contribution is 7.91. The van der Waals surface area contributed by atoms with Crippen LogP contribution in [-0.4, -0.2) is 70.4 Å². The number of hydrogen-bond acceptors (Lipinski definition) is 8. The van der Waals surface area contributed by atoms with Crippen molar-refractivity contribution in [3.63, 3.8) is 0 Å². The number of nitrogens with zero attached hydrogens (tertiary/aromatic N) is 3. The van der Waals surface area contributed by atoms with Crippen molar-refractivity contribution in [2.45, 2.75) is 31.6 Å². The van der Waals surface area contributed by atoms with Gasteiger partial charge in [0, 0.05) is 19.5 Å². The van der Waals surface area contributed by atoms with Crippen LogP contribution in [0.2, 0.25) is 0 Å². The number of sulfone groups is 1. The van der Waals surface area contributed by atoms with E-state index in [9.17, 15) is 17.6 Å². The lowest BCUT2D eigenvalue weighted by Crippen LogP contribution is -2.38. The minimum absolute atomic E-state index is 0.0306.